The molecule has 1 fully saturated rings. The maximum atomic E-state index is 14.6. The fourth-order valence-corrected chi connectivity index (χ4v) is 3.89. The summed E-state index contributed by atoms with van der Waals surface area (Å²) in [7, 11) is 0. The van der Waals surface area contributed by atoms with E-state index >= 15 is 0 Å². The summed E-state index contributed by atoms with van der Waals surface area (Å²) in [5.74, 6) is -2.26. The average Bonchev–Trinajstić information content (AvgIpc) is 3.19. The van der Waals surface area contributed by atoms with Crippen LogP contribution in [-0.2, 0) is 15.1 Å². The number of aromatic amines is 1. The minimum absolute atomic E-state index is 0.0455. The van der Waals surface area contributed by atoms with Gasteiger partial charge < -0.3 is 10.3 Å². The highest BCUT2D eigenvalue weighted by molar-refractivity contribution is 6.16. The molecule has 1 aliphatic rings. The molecule has 4 aromatic rings. The maximum Gasteiger partial charge on any atom is 0.259 e. The number of carbonyl (C=O) groups is 2. The van der Waals surface area contributed by atoms with Crippen LogP contribution >= 0.6 is 0 Å². The Kier molecular flexibility index (Phi) is 4.28. The Labute approximate surface area is 175 Å². The smallest absolute Gasteiger partial charge is 0.259 e. The van der Waals surface area contributed by atoms with Gasteiger partial charge in [0.25, 0.3) is 5.91 Å². The Balaban J connectivity index is 1.67. The number of fused-ring (bicyclic) bond motifs is 1. The van der Waals surface area contributed by atoms with Crippen LogP contribution in [0.15, 0.2) is 72.8 Å². The number of hydrogen-bond donors (Lipinski definition) is 2. The highest BCUT2D eigenvalue weighted by Crippen LogP contribution is 2.46. The van der Waals surface area contributed by atoms with E-state index in [-0.39, 0.29) is 23.6 Å². The van der Waals surface area contributed by atoms with Crippen molar-refractivity contribution in [2.45, 2.75) is 12.0 Å². The first kappa shape index (κ1) is 18.9. The van der Waals surface area contributed by atoms with Crippen molar-refractivity contribution in [3.05, 3.63) is 90.3 Å². The third-order valence-electron chi connectivity index (χ3n) is 5.41. The number of nitrogens with zero attached hydrogens (tertiary/aromatic N) is 2. The first-order valence-electron chi connectivity index (χ1n) is 9.59. The Morgan fingerprint density at radius 2 is 1.65 bits per heavy atom. The molecular weight excluding hydrogens is 402 g/mol. The average molecular weight is 418 g/mol. The molecule has 1 aromatic heterocycles. The molecule has 8 heteroatoms. The van der Waals surface area contributed by atoms with Gasteiger partial charge in [0.15, 0.2) is 5.54 Å². The molecule has 5 rings (SSSR count). The quantitative estimate of drug-likeness (QED) is 0.490. The SMILES string of the molecule is O=C1CC(C(=O)Nc2ccccc2F)(c2nc3ccccc3[nH]2)N1c1ccccc1F. The van der Waals surface area contributed by atoms with Crippen LogP contribution in [0.1, 0.15) is 12.2 Å². The Hall–Kier alpha value is -4.07. The number of para-hydroxylation sites is 4. The highest BCUT2D eigenvalue weighted by Gasteiger charge is 2.61. The third-order valence-corrected chi connectivity index (χ3v) is 5.41. The van der Waals surface area contributed by atoms with Gasteiger partial charge in [-0.15, -0.1) is 0 Å². The number of β-lactam (4-membered cyclic amide) rings is 1. The summed E-state index contributed by atoms with van der Waals surface area (Å²) in [6.45, 7) is 0. The number of halogens is 2. The lowest BCUT2D eigenvalue weighted by molar-refractivity contribution is -0.137. The van der Waals surface area contributed by atoms with Crippen molar-refractivity contribution in [2.24, 2.45) is 0 Å². The minimum Gasteiger partial charge on any atom is -0.339 e. The molecule has 0 aliphatic carbocycles. The molecule has 1 saturated heterocycles. The monoisotopic (exact) mass is 418 g/mol. The van der Waals surface area contributed by atoms with Gasteiger partial charge in [0.1, 0.15) is 17.5 Å². The zero-order chi connectivity index (χ0) is 21.6. The van der Waals surface area contributed by atoms with Crippen LogP contribution in [-0.4, -0.2) is 21.8 Å². The number of imidazole rings is 1. The number of anilines is 2. The molecule has 0 spiro atoms. The van der Waals surface area contributed by atoms with E-state index in [0.717, 1.165) is 4.90 Å². The second-order valence-electron chi connectivity index (χ2n) is 7.25. The van der Waals surface area contributed by atoms with Crippen molar-refractivity contribution in [3.8, 4) is 0 Å². The van der Waals surface area contributed by atoms with Crippen molar-refractivity contribution in [1.82, 2.24) is 9.97 Å². The number of amides is 2. The van der Waals surface area contributed by atoms with E-state index in [4.69, 9.17) is 0 Å². The van der Waals surface area contributed by atoms with Crippen molar-refractivity contribution >= 4 is 34.2 Å². The van der Waals surface area contributed by atoms with E-state index in [9.17, 15) is 18.4 Å². The number of nitrogens with one attached hydrogen (secondary N) is 2. The van der Waals surface area contributed by atoms with Gasteiger partial charge in [0.05, 0.1) is 28.8 Å². The maximum absolute atomic E-state index is 14.6. The predicted octanol–water partition coefficient (Wildman–Crippen LogP) is 4.11. The van der Waals surface area contributed by atoms with Gasteiger partial charge in [0.2, 0.25) is 5.91 Å². The highest BCUT2D eigenvalue weighted by atomic mass is 19.1. The van der Waals surface area contributed by atoms with E-state index in [1.807, 2.05) is 0 Å². The molecule has 2 N–H and O–H groups in total. The summed E-state index contributed by atoms with van der Waals surface area (Å²) in [6.07, 6.45) is -0.249. The molecule has 0 bridgehead atoms. The molecule has 1 atom stereocenters. The first-order chi connectivity index (χ1) is 15.0. The van der Waals surface area contributed by atoms with Crippen LogP contribution in [0.4, 0.5) is 20.2 Å². The molecule has 6 nitrogen and oxygen atoms in total. The fourth-order valence-electron chi connectivity index (χ4n) is 3.89. The zero-order valence-electron chi connectivity index (χ0n) is 16.1. The molecule has 2 heterocycles. The van der Waals surface area contributed by atoms with Gasteiger partial charge in [-0.3, -0.25) is 14.5 Å². The van der Waals surface area contributed by atoms with Crippen LogP contribution < -0.4 is 10.2 Å². The van der Waals surface area contributed by atoms with Gasteiger partial charge in [-0.1, -0.05) is 36.4 Å². The first-order valence-corrected chi connectivity index (χ1v) is 9.59. The second kappa shape index (κ2) is 7.02. The van der Waals surface area contributed by atoms with E-state index in [1.165, 1.54) is 36.4 Å². The van der Waals surface area contributed by atoms with Crippen LogP contribution in [0.25, 0.3) is 11.0 Å². The summed E-state index contributed by atoms with van der Waals surface area (Å²) < 4.78 is 28.8. The lowest BCUT2D eigenvalue weighted by Crippen LogP contribution is -2.68. The Morgan fingerprint density at radius 3 is 2.35 bits per heavy atom. The van der Waals surface area contributed by atoms with Crippen molar-refractivity contribution < 1.29 is 18.4 Å². The summed E-state index contributed by atoms with van der Waals surface area (Å²) >= 11 is 0. The van der Waals surface area contributed by atoms with E-state index in [2.05, 4.69) is 15.3 Å². The fraction of sp³-hybridized carbons (Fsp3) is 0.0870. The lowest BCUT2D eigenvalue weighted by Gasteiger charge is -2.48. The van der Waals surface area contributed by atoms with Gasteiger partial charge in [-0.25, -0.2) is 13.8 Å². The molecule has 1 unspecified atom stereocenters. The van der Waals surface area contributed by atoms with E-state index in [0.29, 0.717) is 11.0 Å². The summed E-state index contributed by atoms with van der Waals surface area (Å²) in [6, 6.07) is 18.5. The molecule has 3 aromatic carbocycles. The van der Waals surface area contributed by atoms with Crippen molar-refractivity contribution in [1.29, 1.82) is 0 Å². The molecule has 154 valence electrons. The zero-order valence-corrected chi connectivity index (χ0v) is 16.1. The molecule has 31 heavy (non-hydrogen) atoms. The molecule has 0 saturated carbocycles. The number of aromatic nitrogens is 2. The number of carbonyl (C=O) groups excluding carboxylic acids is 2. The largest absolute Gasteiger partial charge is 0.339 e. The van der Waals surface area contributed by atoms with Crippen LogP contribution in [0, 0.1) is 11.6 Å². The van der Waals surface area contributed by atoms with Gasteiger partial charge in [-0.05, 0) is 36.4 Å². The van der Waals surface area contributed by atoms with Crippen LogP contribution in [0.5, 0.6) is 0 Å². The molecule has 2 amide bonds. The molecule has 1 aliphatic heterocycles. The summed E-state index contributed by atoms with van der Waals surface area (Å²) in [5, 5.41) is 2.55. The topological polar surface area (TPSA) is 78.1 Å². The predicted molar refractivity (Wildman–Crippen MR) is 111 cm³/mol. The normalized spacial score (nSPS) is 18.1. The van der Waals surface area contributed by atoms with Crippen LogP contribution in [0.3, 0.4) is 0 Å². The van der Waals surface area contributed by atoms with Crippen molar-refractivity contribution in [3.63, 3.8) is 0 Å². The number of H-pyrrole nitrogens is 1. The number of hydrogen-bond acceptors (Lipinski definition) is 3. The van der Waals surface area contributed by atoms with E-state index < -0.39 is 29.0 Å². The Morgan fingerprint density at radius 1 is 0.968 bits per heavy atom. The second-order valence-corrected chi connectivity index (χ2v) is 7.25. The summed E-state index contributed by atoms with van der Waals surface area (Å²) in [5.41, 5.74) is -0.522. The molecular formula is C23H16F2N4O2. The van der Waals surface area contributed by atoms with Gasteiger partial charge in [-0.2, -0.15) is 0 Å². The van der Waals surface area contributed by atoms with E-state index in [1.54, 1.807) is 36.4 Å². The lowest BCUT2D eigenvalue weighted by atomic mass is 9.80. The third kappa shape index (κ3) is 2.87. The minimum atomic E-state index is -1.67. The van der Waals surface area contributed by atoms with Gasteiger partial charge in [0, 0.05) is 0 Å². The molecule has 0 radical (unpaired) electrons. The summed E-state index contributed by atoms with van der Waals surface area (Å²) in [4.78, 5) is 34.9. The standard InChI is InChI=1S/C23H16F2N4O2/c24-14-7-1-3-9-16(14)28-22(31)23(21-26-17-10-4-5-11-18(17)27-21)13-20(30)29(23)19-12-6-2-8-15(19)25/h1-12H,13H2,(H,26,27)(H,28,31). The van der Waals surface area contributed by atoms with Crippen LogP contribution in [0.2, 0.25) is 0 Å². The number of benzene rings is 3. The van der Waals surface area contributed by atoms with Gasteiger partial charge >= 0.3 is 0 Å². The number of rotatable bonds is 4. The Bertz CT molecular complexity index is 1300. The van der Waals surface area contributed by atoms with Crippen molar-refractivity contribution in [2.75, 3.05) is 10.2 Å².